The predicted molar refractivity (Wildman–Crippen MR) is 65.0 cm³/mol. The molecule has 1 aromatic rings. The van der Waals surface area contributed by atoms with Crippen molar-refractivity contribution in [2.45, 2.75) is 39.4 Å². The average Bonchev–Trinajstić information content (AvgIpc) is 2.20. The third-order valence-electron chi connectivity index (χ3n) is 2.32. The van der Waals surface area contributed by atoms with Gasteiger partial charge < -0.3 is 10.5 Å². The number of halogens is 1. The molecule has 2 nitrogen and oxygen atoms in total. The first kappa shape index (κ1) is 12.3. The monoisotopic (exact) mass is 227 g/mol. The van der Waals surface area contributed by atoms with Crippen LogP contribution in [0.5, 0.6) is 0 Å². The van der Waals surface area contributed by atoms with Crippen molar-refractivity contribution in [3.63, 3.8) is 0 Å². The lowest BCUT2D eigenvalue weighted by Gasteiger charge is -2.13. The zero-order chi connectivity index (χ0) is 11.3. The van der Waals surface area contributed by atoms with Crippen LogP contribution < -0.4 is 5.73 Å². The molecule has 0 amide bonds. The van der Waals surface area contributed by atoms with E-state index in [4.69, 9.17) is 22.1 Å². The normalized spacial score (nSPS) is 12.7. The second kappa shape index (κ2) is 5.99. The molecule has 0 spiro atoms. The third-order valence-corrected chi connectivity index (χ3v) is 2.56. The maximum atomic E-state index is 5.88. The smallest absolute Gasteiger partial charge is 0.0741 e. The predicted octanol–water partition coefficient (Wildman–Crippen LogP) is 3.63. The van der Waals surface area contributed by atoms with Crippen molar-refractivity contribution < 1.29 is 4.74 Å². The van der Waals surface area contributed by atoms with Crippen LogP contribution in [0.1, 0.15) is 32.3 Å². The molecule has 0 saturated carbocycles. The van der Waals surface area contributed by atoms with Crippen molar-refractivity contribution in [3.8, 4) is 0 Å². The van der Waals surface area contributed by atoms with Gasteiger partial charge in [0.25, 0.3) is 0 Å². The van der Waals surface area contributed by atoms with Gasteiger partial charge in [0, 0.05) is 16.3 Å². The molecule has 84 valence electrons. The highest BCUT2D eigenvalue weighted by Crippen LogP contribution is 2.19. The summed E-state index contributed by atoms with van der Waals surface area (Å²) in [5.74, 6) is 0. The first-order chi connectivity index (χ1) is 7.13. The summed E-state index contributed by atoms with van der Waals surface area (Å²) in [4.78, 5) is 0. The van der Waals surface area contributed by atoms with Gasteiger partial charge in [0.05, 0.1) is 12.7 Å². The SMILES string of the molecule is CCCC(C)OCc1cc(Cl)ccc1N. The van der Waals surface area contributed by atoms with E-state index >= 15 is 0 Å². The quantitative estimate of drug-likeness (QED) is 0.780. The molecule has 0 fully saturated rings. The van der Waals surface area contributed by atoms with Gasteiger partial charge in [-0.3, -0.25) is 0 Å². The standard InChI is InChI=1S/C12H18ClNO/c1-3-4-9(2)15-8-10-7-11(13)5-6-12(10)14/h5-7,9H,3-4,8,14H2,1-2H3. The Kier molecular flexibility index (Phi) is 4.92. The molecule has 3 heteroatoms. The van der Waals surface area contributed by atoms with Crippen molar-refractivity contribution in [2.24, 2.45) is 0 Å². The van der Waals surface area contributed by atoms with Crippen LogP contribution in [-0.4, -0.2) is 6.10 Å². The zero-order valence-corrected chi connectivity index (χ0v) is 10.1. The summed E-state index contributed by atoms with van der Waals surface area (Å²) in [7, 11) is 0. The molecule has 1 atom stereocenters. The lowest BCUT2D eigenvalue weighted by Crippen LogP contribution is -2.08. The summed E-state index contributed by atoms with van der Waals surface area (Å²) in [6, 6.07) is 5.46. The second-order valence-corrected chi connectivity index (χ2v) is 4.19. The molecule has 0 radical (unpaired) electrons. The summed E-state index contributed by atoms with van der Waals surface area (Å²) in [5.41, 5.74) is 7.51. The van der Waals surface area contributed by atoms with Gasteiger partial charge >= 0.3 is 0 Å². The first-order valence-electron chi connectivity index (χ1n) is 5.29. The van der Waals surface area contributed by atoms with Crippen molar-refractivity contribution in [3.05, 3.63) is 28.8 Å². The maximum absolute atomic E-state index is 5.88. The highest BCUT2D eigenvalue weighted by Gasteiger charge is 2.04. The lowest BCUT2D eigenvalue weighted by atomic mass is 10.2. The third kappa shape index (κ3) is 4.10. The van der Waals surface area contributed by atoms with Crippen molar-refractivity contribution in [1.29, 1.82) is 0 Å². The summed E-state index contributed by atoms with van der Waals surface area (Å²) in [6.45, 7) is 4.76. The van der Waals surface area contributed by atoms with Gasteiger partial charge in [0.15, 0.2) is 0 Å². The fourth-order valence-corrected chi connectivity index (χ4v) is 1.62. The van der Waals surface area contributed by atoms with Crippen LogP contribution in [0.25, 0.3) is 0 Å². The molecule has 0 aliphatic rings. The Morgan fingerprint density at radius 1 is 1.47 bits per heavy atom. The highest BCUT2D eigenvalue weighted by molar-refractivity contribution is 6.30. The topological polar surface area (TPSA) is 35.2 Å². The number of hydrogen-bond acceptors (Lipinski definition) is 2. The minimum absolute atomic E-state index is 0.272. The van der Waals surface area contributed by atoms with Gasteiger partial charge in [0.1, 0.15) is 0 Å². The Morgan fingerprint density at radius 2 is 2.20 bits per heavy atom. The Morgan fingerprint density at radius 3 is 2.87 bits per heavy atom. The number of nitrogens with two attached hydrogens (primary N) is 1. The van der Waals surface area contributed by atoms with Crippen LogP contribution in [0.15, 0.2) is 18.2 Å². The summed E-state index contributed by atoms with van der Waals surface area (Å²) in [6.07, 6.45) is 2.47. The van der Waals surface area contributed by atoms with Crippen LogP contribution in [0, 0.1) is 0 Å². The van der Waals surface area contributed by atoms with Gasteiger partial charge in [0.2, 0.25) is 0 Å². The van der Waals surface area contributed by atoms with E-state index in [1.165, 1.54) is 0 Å². The second-order valence-electron chi connectivity index (χ2n) is 3.75. The molecule has 0 saturated heterocycles. The van der Waals surface area contributed by atoms with Crippen molar-refractivity contribution in [1.82, 2.24) is 0 Å². The Bertz CT molecular complexity index is 314. The lowest BCUT2D eigenvalue weighted by molar-refractivity contribution is 0.0475. The average molecular weight is 228 g/mol. The van der Waals surface area contributed by atoms with E-state index in [2.05, 4.69) is 13.8 Å². The number of hydrogen-bond donors (Lipinski definition) is 1. The van der Waals surface area contributed by atoms with E-state index in [0.717, 1.165) is 24.1 Å². The van der Waals surface area contributed by atoms with E-state index in [1.807, 2.05) is 12.1 Å². The van der Waals surface area contributed by atoms with E-state index in [9.17, 15) is 0 Å². The molecule has 0 aliphatic carbocycles. The summed E-state index contributed by atoms with van der Waals surface area (Å²) < 4.78 is 5.67. The molecule has 15 heavy (non-hydrogen) atoms. The fraction of sp³-hybridized carbons (Fsp3) is 0.500. The molecule has 1 rings (SSSR count). The highest BCUT2D eigenvalue weighted by atomic mass is 35.5. The number of rotatable bonds is 5. The fourth-order valence-electron chi connectivity index (χ4n) is 1.42. The van der Waals surface area contributed by atoms with Gasteiger partial charge in [-0.15, -0.1) is 0 Å². The van der Waals surface area contributed by atoms with Crippen LogP contribution in [0.2, 0.25) is 5.02 Å². The van der Waals surface area contributed by atoms with E-state index in [-0.39, 0.29) is 6.10 Å². The number of benzene rings is 1. The zero-order valence-electron chi connectivity index (χ0n) is 9.29. The Balaban J connectivity index is 2.53. The Hall–Kier alpha value is -0.730. The van der Waals surface area contributed by atoms with Crippen LogP contribution in [0.4, 0.5) is 5.69 Å². The number of ether oxygens (including phenoxy) is 1. The van der Waals surface area contributed by atoms with E-state index in [0.29, 0.717) is 11.6 Å². The number of nitrogen functional groups attached to an aromatic ring is 1. The molecule has 0 aliphatic heterocycles. The minimum atomic E-state index is 0.272. The molecule has 2 N–H and O–H groups in total. The largest absolute Gasteiger partial charge is 0.398 e. The molecular weight excluding hydrogens is 210 g/mol. The van der Waals surface area contributed by atoms with Gasteiger partial charge in [-0.05, 0) is 31.5 Å². The van der Waals surface area contributed by atoms with Gasteiger partial charge in [-0.1, -0.05) is 24.9 Å². The van der Waals surface area contributed by atoms with E-state index < -0.39 is 0 Å². The van der Waals surface area contributed by atoms with Crippen LogP contribution in [0.3, 0.4) is 0 Å². The Labute approximate surface area is 96.4 Å². The molecule has 0 aromatic heterocycles. The summed E-state index contributed by atoms with van der Waals surface area (Å²) in [5, 5.41) is 0.700. The van der Waals surface area contributed by atoms with Crippen LogP contribution >= 0.6 is 11.6 Å². The summed E-state index contributed by atoms with van der Waals surface area (Å²) >= 11 is 5.88. The molecular formula is C12H18ClNO. The van der Waals surface area contributed by atoms with Crippen molar-refractivity contribution in [2.75, 3.05) is 5.73 Å². The molecule has 1 aromatic carbocycles. The molecule has 0 heterocycles. The minimum Gasteiger partial charge on any atom is -0.398 e. The molecule has 1 unspecified atom stereocenters. The van der Waals surface area contributed by atoms with Gasteiger partial charge in [-0.25, -0.2) is 0 Å². The van der Waals surface area contributed by atoms with Gasteiger partial charge in [-0.2, -0.15) is 0 Å². The van der Waals surface area contributed by atoms with Crippen molar-refractivity contribution >= 4 is 17.3 Å². The first-order valence-corrected chi connectivity index (χ1v) is 5.66. The molecule has 0 bridgehead atoms. The van der Waals surface area contributed by atoms with E-state index in [1.54, 1.807) is 6.07 Å². The maximum Gasteiger partial charge on any atom is 0.0741 e. The van der Waals surface area contributed by atoms with Crippen LogP contribution in [-0.2, 0) is 11.3 Å². The number of anilines is 1.